The number of carboxylic acid groups (broad SMARTS) is 1. The second kappa shape index (κ2) is 27.9. The maximum atomic E-state index is 13.7. The first-order valence-corrected chi connectivity index (χ1v) is 26.5. The molecule has 0 radical (unpaired) electrons. The number of hydrogen-bond acceptors (Lipinski definition) is 18. The number of carbonyl (C=O) groups excluding carboxylic acids is 7. The molecule has 8 aliphatic rings. The summed E-state index contributed by atoms with van der Waals surface area (Å²) in [6.45, 7) is 9.48. The fourth-order valence-electron chi connectivity index (χ4n) is 9.14. The van der Waals surface area contributed by atoms with Gasteiger partial charge in [-0.25, -0.2) is 47.5 Å². The third kappa shape index (κ3) is 15.4. The number of halogens is 7. The van der Waals surface area contributed by atoms with Gasteiger partial charge in [-0.2, -0.15) is 76.7 Å². The maximum absolute atomic E-state index is 13.7. The number of fused-ring (bicyclic) bond motifs is 8. The van der Waals surface area contributed by atoms with Gasteiger partial charge in [-0.1, -0.05) is 6.08 Å². The zero-order valence-electron chi connectivity index (χ0n) is 46.2. The summed E-state index contributed by atoms with van der Waals surface area (Å²) in [6, 6.07) is 3.20. The van der Waals surface area contributed by atoms with Gasteiger partial charge in [0.2, 0.25) is 0 Å². The Kier molecular flexibility index (Phi) is 21.2. The minimum Gasteiger partial charge on any atom is -0.542 e. The Morgan fingerprint density at radius 1 is 0.586 bits per heavy atom. The first kappa shape index (κ1) is 66.1. The smallest absolute Gasteiger partial charge is 0.542 e. The summed E-state index contributed by atoms with van der Waals surface area (Å²) in [4.78, 5) is 95.3. The standard InChI is InChI=1S/C13H14F2N4O4.C12H14N4O2.C11H10F2N4O4.C9H10N4O2.C4H5BrF2O2.Li/c1-2-22-11(20)13(14,15)23-19-10-6-9(18-5-3-4-16-18)7-17(8-10)12(19)21;1-2-6-18-16-11-7-10(15-5-3-4-13-15)8-14(9-11)12(16)17;12-11(13,9(18)19)21-17-8-4-7(16-3-1-2-14-16)5-15(6-8)10(17)20;14-9-11-5-7(12-3-1-2-10-12)4-8(6-11)13(9)15;1-2-9-3(8)4(5,6)7;/h3-6,10H,2,7-8H2,1H3;2-5,7,11H,1,6,8-9H2;1-4,8H,5-6H2,(H,18,19);1-4,8,15H,5-6H2;2H2,1H3;/q;;;;;+1/p-1. The summed E-state index contributed by atoms with van der Waals surface area (Å²) >= 11 is 1.84. The average molecular weight is 1290 g/mol. The first-order valence-electron chi connectivity index (χ1n) is 25.7. The molecule has 8 bridgehead atoms. The molecule has 38 heteroatoms. The Morgan fingerprint density at radius 3 is 1.24 bits per heavy atom. The quantitative estimate of drug-likeness (QED) is 0.0379. The van der Waals surface area contributed by atoms with Crippen LogP contribution in [0.15, 0.2) is 111 Å². The van der Waals surface area contributed by atoms with Crippen molar-refractivity contribution in [3.05, 3.63) is 111 Å². The average Bonchev–Trinajstić information content (AvgIpc) is 1.85. The number of carboxylic acids is 1. The van der Waals surface area contributed by atoms with E-state index in [4.69, 9.17) is 4.84 Å². The molecule has 4 aromatic rings. The van der Waals surface area contributed by atoms with Crippen molar-refractivity contribution in [1.29, 1.82) is 0 Å². The molecule has 4 aromatic heterocycles. The molecule has 1 N–H and O–H groups in total. The van der Waals surface area contributed by atoms with Crippen LogP contribution in [-0.2, 0) is 38.4 Å². The molecule has 12 heterocycles. The van der Waals surface area contributed by atoms with Gasteiger partial charge in [0.25, 0.3) is 0 Å². The van der Waals surface area contributed by atoms with Gasteiger partial charge in [-0.15, -0.1) is 6.58 Å². The Morgan fingerprint density at radius 2 is 0.920 bits per heavy atom. The van der Waals surface area contributed by atoms with Crippen LogP contribution >= 0.6 is 15.9 Å². The fraction of sp³-hybridized carbons (Fsp3) is 0.408. The number of aliphatic carboxylic acids is 1. The van der Waals surface area contributed by atoms with Crippen molar-refractivity contribution < 1.29 is 113 Å². The van der Waals surface area contributed by atoms with E-state index in [1.165, 1.54) is 45.7 Å². The van der Waals surface area contributed by atoms with E-state index in [1.807, 2.05) is 52.6 Å². The van der Waals surface area contributed by atoms with Crippen molar-refractivity contribution in [2.75, 3.05) is 72.2 Å². The fourth-order valence-corrected chi connectivity index (χ4v) is 9.25. The topological polar surface area (TPSA) is 306 Å². The second-order valence-electron chi connectivity index (χ2n) is 18.7. The van der Waals surface area contributed by atoms with Crippen molar-refractivity contribution in [2.24, 2.45) is 0 Å². The number of ether oxygens (including phenoxy) is 2. The van der Waals surface area contributed by atoms with Crippen LogP contribution in [0.2, 0.25) is 0 Å². The molecule has 8 aliphatic heterocycles. The van der Waals surface area contributed by atoms with Gasteiger partial charge < -0.3 is 39.0 Å². The van der Waals surface area contributed by atoms with E-state index in [0.29, 0.717) is 54.3 Å². The number of amides is 8. The largest absolute Gasteiger partial charge is 1.00 e. The Labute approximate surface area is 508 Å². The van der Waals surface area contributed by atoms with Crippen LogP contribution in [0.3, 0.4) is 0 Å². The number of nitrogens with zero attached hydrogens (tertiary/aromatic N) is 16. The maximum Gasteiger partial charge on any atom is 1.00 e. The molecule has 4 unspecified atom stereocenters. The zero-order chi connectivity index (χ0) is 62.3. The number of hydrogen-bond donors (Lipinski definition) is 1. The zero-order valence-corrected chi connectivity index (χ0v) is 47.8. The van der Waals surface area contributed by atoms with E-state index in [0.717, 1.165) is 16.5 Å². The molecule has 30 nitrogen and oxygen atoms in total. The number of carbonyl (C=O) groups is 7. The van der Waals surface area contributed by atoms with Crippen molar-refractivity contribution in [3.8, 4) is 0 Å². The van der Waals surface area contributed by atoms with Crippen LogP contribution in [0, 0.1) is 0 Å². The van der Waals surface area contributed by atoms with Crippen molar-refractivity contribution >= 4 is 80.8 Å². The summed E-state index contributed by atoms with van der Waals surface area (Å²) < 4.78 is 91.8. The molecule has 0 aliphatic carbocycles. The SMILES string of the molecule is C=CCON1C(=O)N2CC(n3cccn3)=CC1C2.CCOC(=O)C(F)(F)Br.CCOC(=O)C(F)(F)ON1C(=O)N2CC(n3cccn3)=CC1C2.O=C1N2CC(n3cccn3)=CC(C2)N1O.O=C1N2CC(n3cccn3)=CC(C2)N1OC(F)(F)C(=O)[O-].[Li+]. The van der Waals surface area contributed by atoms with E-state index < -0.39 is 59.1 Å². The molecule has 0 spiro atoms. The van der Waals surface area contributed by atoms with Crippen LogP contribution in [-0.4, -0.2) is 240 Å². The normalized spacial score (nSPS) is 20.8. The monoisotopic (exact) mass is 1290 g/mol. The van der Waals surface area contributed by atoms with E-state index in [9.17, 15) is 70.2 Å². The molecule has 0 saturated carbocycles. The molecule has 87 heavy (non-hydrogen) atoms. The summed E-state index contributed by atoms with van der Waals surface area (Å²) in [7, 11) is 0. The first-order chi connectivity index (χ1) is 40.8. The predicted octanol–water partition coefficient (Wildman–Crippen LogP) is -0.215. The summed E-state index contributed by atoms with van der Waals surface area (Å²) in [6.07, 6.45) is 13.4. The second-order valence-corrected chi connectivity index (χ2v) is 19.7. The molecule has 8 amide bonds. The van der Waals surface area contributed by atoms with E-state index in [2.05, 4.69) is 46.1 Å². The van der Waals surface area contributed by atoms with E-state index >= 15 is 0 Å². The van der Waals surface area contributed by atoms with Gasteiger partial charge in [0.05, 0.1) is 93.0 Å². The minimum atomic E-state index is -4.58. The van der Waals surface area contributed by atoms with Gasteiger partial charge in [0.1, 0.15) is 5.97 Å². The summed E-state index contributed by atoms with van der Waals surface area (Å²) in [5, 5.41) is 39.1. The Bertz CT molecular complexity index is 3250. The van der Waals surface area contributed by atoms with Crippen LogP contribution < -0.4 is 24.0 Å². The Balaban J connectivity index is 0.000000159. The van der Waals surface area contributed by atoms with Crippen molar-refractivity contribution in [1.82, 2.24) is 79.0 Å². The number of urea groups is 4. The van der Waals surface area contributed by atoms with Crippen molar-refractivity contribution in [2.45, 2.75) is 55.1 Å². The Hall–Kier alpha value is -8.47. The van der Waals surface area contributed by atoms with Gasteiger partial charge >= 0.3 is 72.0 Å². The number of aromatic nitrogens is 8. The summed E-state index contributed by atoms with van der Waals surface area (Å²) in [5.41, 5.74) is 3.17. The van der Waals surface area contributed by atoms with Gasteiger partial charge in [-0.05, 0) is 62.4 Å². The van der Waals surface area contributed by atoms with E-state index in [1.54, 1.807) is 79.1 Å². The van der Waals surface area contributed by atoms with Gasteiger partial charge in [0, 0.05) is 91.7 Å². The molecular weight excluding hydrogens is 1240 g/mol. The van der Waals surface area contributed by atoms with E-state index in [-0.39, 0.29) is 82.4 Å². The molecular formula is C49H52BrF6LiN16O14. The molecule has 462 valence electrons. The number of alkyl halides is 7. The molecule has 12 rings (SSSR count). The van der Waals surface area contributed by atoms with Crippen LogP contribution in [0.25, 0.3) is 22.8 Å². The van der Waals surface area contributed by atoms with Crippen LogP contribution in [0.5, 0.6) is 0 Å². The van der Waals surface area contributed by atoms with Gasteiger partial charge in [-0.3, -0.25) is 10.0 Å². The minimum absolute atomic E-state index is 0. The molecule has 0 aromatic carbocycles. The predicted molar refractivity (Wildman–Crippen MR) is 279 cm³/mol. The van der Waals surface area contributed by atoms with Crippen LogP contribution in [0.1, 0.15) is 13.8 Å². The third-order valence-electron chi connectivity index (χ3n) is 12.9. The molecule has 4 atom stereocenters. The number of esters is 2. The number of rotatable bonds is 16. The molecule has 4 saturated heterocycles. The van der Waals surface area contributed by atoms with Crippen molar-refractivity contribution in [3.63, 3.8) is 0 Å². The third-order valence-corrected chi connectivity index (χ3v) is 13.2. The molecule has 4 fully saturated rings. The summed E-state index contributed by atoms with van der Waals surface area (Å²) in [5.74, 6) is -6.09. The number of hydroxylamine groups is 8. The van der Waals surface area contributed by atoms with Crippen LogP contribution in [0.4, 0.5) is 45.5 Å². The van der Waals surface area contributed by atoms with Gasteiger partial charge in [0.15, 0.2) is 0 Å².